The van der Waals surface area contributed by atoms with Crippen LogP contribution in [0.3, 0.4) is 0 Å². The van der Waals surface area contributed by atoms with Gasteiger partial charge in [0.05, 0.1) is 6.04 Å². The highest BCUT2D eigenvalue weighted by atomic mass is 35.5. The third-order valence-electron chi connectivity index (χ3n) is 4.95. The molecule has 3 N–H and O–H groups in total. The van der Waals surface area contributed by atoms with Crippen LogP contribution in [0.5, 0.6) is 0 Å². The quantitative estimate of drug-likeness (QED) is 0.695. The van der Waals surface area contributed by atoms with E-state index >= 15 is 0 Å². The van der Waals surface area contributed by atoms with Gasteiger partial charge in [-0.25, -0.2) is 0 Å². The van der Waals surface area contributed by atoms with Gasteiger partial charge in [-0.15, -0.1) is 12.4 Å². The molecular weight excluding hydrogens is 338 g/mol. The lowest BCUT2D eigenvalue weighted by Crippen LogP contribution is -2.27. The fraction of sp³-hybridized carbons (Fsp3) is 0.579. The highest BCUT2D eigenvalue weighted by molar-refractivity contribution is 5.94. The smallest absolute Gasteiger partial charge is 0.227 e. The van der Waals surface area contributed by atoms with E-state index in [-0.39, 0.29) is 36.2 Å². The molecule has 6 heteroatoms. The summed E-state index contributed by atoms with van der Waals surface area (Å²) < 4.78 is 0. The number of nitrogens with one attached hydrogen (secondary N) is 3. The van der Waals surface area contributed by atoms with Gasteiger partial charge in [-0.1, -0.05) is 12.1 Å². The maximum absolute atomic E-state index is 12.1. The van der Waals surface area contributed by atoms with E-state index in [0.717, 1.165) is 43.6 Å². The molecule has 2 amide bonds. The number of halogens is 1. The first-order valence-corrected chi connectivity index (χ1v) is 9.02. The monoisotopic (exact) mass is 365 g/mol. The molecule has 1 aliphatic carbocycles. The summed E-state index contributed by atoms with van der Waals surface area (Å²) in [6.45, 7) is 4.11. The van der Waals surface area contributed by atoms with Crippen molar-refractivity contribution in [3.05, 3.63) is 29.8 Å². The molecule has 2 fully saturated rings. The average molecular weight is 366 g/mol. The van der Waals surface area contributed by atoms with Gasteiger partial charge in [-0.05, 0) is 69.3 Å². The zero-order chi connectivity index (χ0) is 16.9. The molecule has 25 heavy (non-hydrogen) atoms. The molecule has 1 aliphatic heterocycles. The predicted molar refractivity (Wildman–Crippen MR) is 102 cm³/mol. The minimum absolute atomic E-state index is 0. The molecule has 1 aromatic rings. The number of rotatable bonds is 7. The molecule has 5 nitrogen and oxygen atoms in total. The Kier molecular flexibility index (Phi) is 7.26. The maximum atomic E-state index is 12.1. The number of carbonyl (C=O) groups excluding carboxylic acids is 2. The van der Waals surface area contributed by atoms with Gasteiger partial charge >= 0.3 is 0 Å². The Morgan fingerprint density at radius 2 is 1.92 bits per heavy atom. The number of amides is 2. The van der Waals surface area contributed by atoms with E-state index in [2.05, 4.69) is 16.0 Å². The zero-order valence-electron chi connectivity index (χ0n) is 14.7. The molecule has 1 heterocycles. The lowest BCUT2D eigenvalue weighted by Gasteiger charge is -2.16. The molecule has 138 valence electrons. The molecule has 2 unspecified atom stereocenters. The third kappa shape index (κ3) is 6.01. The Labute approximate surface area is 155 Å². The van der Waals surface area contributed by atoms with Gasteiger partial charge in [-0.2, -0.15) is 0 Å². The van der Waals surface area contributed by atoms with Gasteiger partial charge in [0.2, 0.25) is 11.8 Å². The van der Waals surface area contributed by atoms with E-state index in [9.17, 15) is 9.59 Å². The normalized spacial score (nSPS) is 20.4. The molecule has 2 aliphatic rings. The highest BCUT2D eigenvalue weighted by Gasteiger charge is 2.29. The molecule has 3 rings (SSSR count). The van der Waals surface area contributed by atoms with Gasteiger partial charge in [0.25, 0.3) is 0 Å². The molecule has 0 bridgehead atoms. The first-order chi connectivity index (χ1) is 11.6. The van der Waals surface area contributed by atoms with Crippen LogP contribution in [-0.2, 0) is 9.59 Å². The predicted octanol–water partition coefficient (Wildman–Crippen LogP) is 3.02. The minimum Gasteiger partial charge on any atom is -0.350 e. The van der Waals surface area contributed by atoms with Crippen LogP contribution in [-0.4, -0.2) is 24.9 Å². The molecule has 1 saturated carbocycles. The van der Waals surface area contributed by atoms with E-state index in [1.807, 2.05) is 31.2 Å². The van der Waals surface area contributed by atoms with Crippen molar-refractivity contribution in [1.82, 2.24) is 10.6 Å². The van der Waals surface area contributed by atoms with Crippen LogP contribution < -0.4 is 16.0 Å². The minimum atomic E-state index is -0.0209. The van der Waals surface area contributed by atoms with Crippen LogP contribution in [0, 0.1) is 11.8 Å². The average Bonchev–Trinajstić information content (AvgIpc) is 3.30. The standard InChI is InChI=1S/C19H27N3O2.ClH/c1-13(21-18(23)9-2-14-10-11-20-12-14)15-5-7-17(8-6-15)22-19(24)16-3-4-16;/h5-8,13-14,16,20H,2-4,9-12H2,1H3,(H,21,23)(H,22,24);1H. The zero-order valence-corrected chi connectivity index (χ0v) is 15.5. The van der Waals surface area contributed by atoms with Crippen molar-refractivity contribution in [2.75, 3.05) is 18.4 Å². The number of hydrogen-bond acceptors (Lipinski definition) is 3. The summed E-state index contributed by atoms with van der Waals surface area (Å²) in [7, 11) is 0. The Hall–Kier alpha value is -1.59. The molecule has 1 saturated heterocycles. The molecular formula is C19H28ClN3O2. The fourth-order valence-electron chi connectivity index (χ4n) is 3.14. The van der Waals surface area contributed by atoms with E-state index in [1.165, 1.54) is 6.42 Å². The maximum Gasteiger partial charge on any atom is 0.227 e. The van der Waals surface area contributed by atoms with Crippen LogP contribution in [0.2, 0.25) is 0 Å². The topological polar surface area (TPSA) is 70.2 Å². The summed E-state index contributed by atoms with van der Waals surface area (Å²) in [5.74, 6) is 1.07. The Bertz CT molecular complexity index is 581. The lowest BCUT2D eigenvalue weighted by molar-refractivity contribution is -0.122. The third-order valence-corrected chi connectivity index (χ3v) is 4.95. The number of benzene rings is 1. The Morgan fingerprint density at radius 1 is 1.20 bits per heavy atom. The Balaban J connectivity index is 0.00000225. The van der Waals surface area contributed by atoms with Crippen molar-refractivity contribution in [3.8, 4) is 0 Å². The van der Waals surface area contributed by atoms with Crippen LogP contribution in [0.1, 0.15) is 50.6 Å². The number of carbonyl (C=O) groups is 2. The van der Waals surface area contributed by atoms with Crippen molar-refractivity contribution in [3.63, 3.8) is 0 Å². The van der Waals surface area contributed by atoms with Gasteiger partial charge < -0.3 is 16.0 Å². The van der Waals surface area contributed by atoms with E-state index in [1.54, 1.807) is 0 Å². The van der Waals surface area contributed by atoms with E-state index in [4.69, 9.17) is 0 Å². The summed E-state index contributed by atoms with van der Waals surface area (Å²) in [5.41, 5.74) is 1.87. The van der Waals surface area contributed by atoms with Crippen molar-refractivity contribution in [2.45, 2.75) is 45.1 Å². The van der Waals surface area contributed by atoms with Crippen LogP contribution in [0.4, 0.5) is 5.69 Å². The van der Waals surface area contributed by atoms with Gasteiger partial charge in [0.15, 0.2) is 0 Å². The second-order valence-electron chi connectivity index (χ2n) is 7.07. The SMILES string of the molecule is CC(NC(=O)CCC1CCNC1)c1ccc(NC(=O)C2CC2)cc1.Cl. The molecule has 0 aromatic heterocycles. The first-order valence-electron chi connectivity index (χ1n) is 9.02. The van der Waals surface area contributed by atoms with E-state index < -0.39 is 0 Å². The summed E-state index contributed by atoms with van der Waals surface area (Å²) in [4.78, 5) is 23.8. The lowest BCUT2D eigenvalue weighted by atomic mass is 10.0. The second-order valence-corrected chi connectivity index (χ2v) is 7.07. The van der Waals surface area contributed by atoms with Gasteiger partial charge in [0, 0.05) is 18.0 Å². The van der Waals surface area contributed by atoms with Crippen LogP contribution >= 0.6 is 12.4 Å². The van der Waals surface area contributed by atoms with Crippen molar-refractivity contribution >= 4 is 29.9 Å². The first kappa shape index (κ1) is 19.7. The second kappa shape index (κ2) is 9.20. The molecule has 2 atom stereocenters. The Morgan fingerprint density at radius 3 is 2.52 bits per heavy atom. The molecule has 0 spiro atoms. The fourth-order valence-corrected chi connectivity index (χ4v) is 3.14. The van der Waals surface area contributed by atoms with Crippen LogP contribution in [0.15, 0.2) is 24.3 Å². The summed E-state index contributed by atoms with van der Waals surface area (Å²) in [6, 6.07) is 7.72. The highest BCUT2D eigenvalue weighted by Crippen LogP contribution is 2.30. The summed E-state index contributed by atoms with van der Waals surface area (Å²) in [5, 5.41) is 9.32. The summed E-state index contributed by atoms with van der Waals surface area (Å²) in [6.07, 6.45) is 4.73. The summed E-state index contributed by atoms with van der Waals surface area (Å²) >= 11 is 0. The number of hydrogen-bond donors (Lipinski definition) is 3. The number of anilines is 1. The largest absolute Gasteiger partial charge is 0.350 e. The van der Waals surface area contributed by atoms with Crippen molar-refractivity contribution < 1.29 is 9.59 Å². The van der Waals surface area contributed by atoms with Gasteiger partial charge in [0.1, 0.15) is 0 Å². The van der Waals surface area contributed by atoms with E-state index in [0.29, 0.717) is 12.3 Å². The van der Waals surface area contributed by atoms with Gasteiger partial charge in [-0.3, -0.25) is 9.59 Å². The van der Waals surface area contributed by atoms with Crippen molar-refractivity contribution in [2.24, 2.45) is 11.8 Å². The molecule has 1 aromatic carbocycles. The van der Waals surface area contributed by atoms with Crippen molar-refractivity contribution in [1.29, 1.82) is 0 Å². The van der Waals surface area contributed by atoms with Crippen LogP contribution in [0.25, 0.3) is 0 Å². The molecule has 0 radical (unpaired) electrons.